The van der Waals surface area contributed by atoms with Gasteiger partial charge in [0.1, 0.15) is 5.75 Å². The molecule has 0 fully saturated rings. The quantitative estimate of drug-likeness (QED) is 0.905. The minimum atomic E-state index is -1.04. The number of carbonyl (C=O) groups excluding carboxylic acids is 1. The fourth-order valence-corrected chi connectivity index (χ4v) is 2.21. The molecule has 5 heteroatoms. The number of amides is 1. The molecule has 1 atom stereocenters. The smallest absolute Gasteiger partial charge is 0.307 e. The lowest BCUT2D eigenvalue weighted by Crippen LogP contribution is -2.49. The molecule has 1 aromatic rings. The number of ether oxygens (including phenoxy) is 1. The SMILES string of the molecule is Cc1ccc2c(c1)OC(CC(=O)O)C(=O)N2C(C)C. The van der Waals surface area contributed by atoms with Gasteiger partial charge in [-0.1, -0.05) is 6.07 Å². The second-order valence-electron chi connectivity index (χ2n) is 4.98. The molecule has 0 aliphatic carbocycles. The molecule has 1 N–H and O–H groups in total. The minimum Gasteiger partial charge on any atom is -0.481 e. The summed E-state index contributed by atoms with van der Waals surface area (Å²) in [4.78, 5) is 24.7. The van der Waals surface area contributed by atoms with Crippen molar-refractivity contribution < 1.29 is 19.4 Å². The van der Waals surface area contributed by atoms with Crippen LogP contribution in [0.4, 0.5) is 5.69 Å². The second-order valence-corrected chi connectivity index (χ2v) is 4.98. The van der Waals surface area contributed by atoms with Crippen molar-refractivity contribution >= 4 is 17.6 Å². The number of rotatable bonds is 3. The number of carbonyl (C=O) groups is 2. The van der Waals surface area contributed by atoms with E-state index in [9.17, 15) is 9.59 Å². The third kappa shape index (κ3) is 2.54. The number of anilines is 1. The average Bonchev–Trinajstić information content (AvgIpc) is 2.29. The third-order valence-corrected chi connectivity index (χ3v) is 3.03. The van der Waals surface area contributed by atoms with E-state index in [1.807, 2.05) is 39.0 Å². The average molecular weight is 263 g/mol. The maximum Gasteiger partial charge on any atom is 0.307 e. The zero-order valence-electron chi connectivity index (χ0n) is 11.2. The highest BCUT2D eigenvalue weighted by Crippen LogP contribution is 2.36. The van der Waals surface area contributed by atoms with Crippen molar-refractivity contribution in [1.29, 1.82) is 0 Å². The van der Waals surface area contributed by atoms with Crippen LogP contribution < -0.4 is 9.64 Å². The van der Waals surface area contributed by atoms with Gasteiger partial charge in [-0.3, -0.25) is 9.59 Å². The van der Waals surface area contributed by atoms with E-state index in [1.54, 1.807) is 4.90 Å². The van der Waals surface area contributed by atoms with Crippen LogP contribution in [0.5, 0.6) is 5.75 Å². The molecule has 0 saturated heterocycles. The maximum atomic E-state index is 12.3. The number of aliphatic carboxylic acids is 1. The Hall–Kier alpha value is -2.04. The Morgan fingerprint density at radius 1 is 1.47 bits per heavy atom. The first-order chi connectivity index (χ1) is 8.90. The van der Waals surface area contributed by atoms with Gasteiger partial charge >= 0.3 is 5.97 Å². The summed E-state index contributed by atoms with van der Waals surface area (Å²) >= 11 is 0. The van der Waals surface area contributed by atoms with Gasteiger partial charge in [0.25, 0.3) is 5.91 Å². The first-order valence-corrected chi connectivity index (χ1v) is 6.22. The highest BCUT2D eigenvalue weighted by atomic mass is 16.5. The van der Waals surface area contributed by atoms with Crippen LogP contribution in [0, 0.1) is 6.92 Å². The van der Waals surface area contributed by atoms with Crippen molar-refractivity contribution in [2.75, 3.05) is 4.90 Å². The van der Waals surface area contributed by atoms with Crippen molar-refractivity contribution in [3.8, 4) is 5.75 Å². The van der Waals surface area contributed by atoms with Crippen LogP contribution >= 0.6 is 0 Å². The molecule has 0 radical (unpaired) electrons. The Labute approximate surface area is 111 Å². The van der Waals surface area contributed by atoms with Gasteiger partial charge in [0.15, 0.2) is 6.10 Å². The van der Waals surface area contributed by atoms with Crippen molar-refractivity contribution in [3.05, 3.63) is 23.8 Å². The predicted molar refractivity (Wildman–Crippen MR) is 70.5 cm³/mol. The van der Waals surface area contributed by atoms with Gasteiger partial charge in [-0.25, -0.2) is 0 Å². The van der Waals surface area contributed by atoms with E-state index in [1.165, 1.54) is 0 Å². The molecule has 1 amide bonds. The van der Waals surface area contributed by atoms with Gasteiger partial charge in [-0.2, -0.15) is 0 Å². The maximum absolute atomic E-state index is 12.3. The Morgan fingerprint density at radius 2 is 2.16 bits per heavy atom. The van der Waals surface area contributed by atoms with Crippen LogP contribution in [0.15, 0.2) is 18.2 Å². The highest BCUT2D eigenvalue weighted by molar-refractivity contribution is 6.01. The largest absolute Gasteiger partial charge is 0.481 e. The van der Waals surface area contributed by atoms with Gasteiger partial charge < -0.3 is 14.7 Å². The molecular formula is C14H17NO4. The molecule has 1 aromatic carbocycles. The number of aryl methyl sites for hydroxylation is 1. The van der Waals surface area contributed by atoms with E-state index < -0.39 is 12.1 Å². The molecule has 0 aromatic heterocycles. The number of nitrogens with zero attached hydrogens (tertiary/aromatic N) is 1. The summed E-state index contributed by atoms with van der Waals surface area (Å²) in [7, 11) is 0. The third-order valence-electron chi connectivity index (χ3n) is 3.03. The molecule has 1 heterocycles. The van der Waals surface area contributed by atoms with E-state index >= 15 is 0 Å². The Balaban J connectivity index is 2.44. The zero-order chi connectivity index (χ0) is 14.2. The Morgan fingerprint density at radius 3 is 2.74 bits per heavy atom. The number of hydrogen-bond donors (Lipinski definition) is 1. The van der Waals surface area contributed by atoms with Crippen molar-refractivity contribution in [3.63, 3.8) is 0 Å². The molecule has 19 heavy (non-hydrogen) atoms. The van der Waals surface area contributed by atoms with Gasteiger partial charge in [-0.15, -0.1) is 0 Å². The van der Waals surface area contributed by atoms with Gasteiger partial charge in [0, 0.05) is 6.04 Å². The van der Waals surface area contributed by atoms with Gasteiger partial charge in [0.05, 0.1) is 12.1 Å². The monoisotopic (exact) mass is 263 g/mol. The summed E-state index contributed by atoms with van der Waals surface area (Å²) in [6, 6.07) is 5.52. The molecule has 2 rings (SSSR count). The molecule has 0 spiro atoms. The predicted octanol–water partition coefficient (Wildman–Crippen LogP) is 1.97. The lowest BCUT2D eigenvalue weighted by Gasteiger charge is -2.36. The lowest BCUT2D eigenvalue weighted by molar-refractivity contribution is -0.142. The number of hydrogen-bond acceptors (Lipinski definition) is 3. The van der Waals surface area contributed by atoms with E-state index in [0.29, 0.717) is 11.4 Å². The fraction of sp³-hybridized carbons (Fsp3) is 0.429. The summed E-state index contributed by atoms with van der Waals surface area (Å²) in [6.07, 6.45) is -1.27. The minimum absolute atomic E-state index is 0.0471. The highest BCUT2D eigenvalue weighted by Gasteiger charge is 2.36. The number of carboxylic acids is 1. The molecule has 5 nitrogen and oxygen atoms in total. The van der Waals surface area contributed by atoms with Crippen molar-refractivity contribution in [2.24, 2.45) is 0 Å². The standard InChI is InChI=1S/C14H17NO4/c1-8(2)15-10-5-4-9(3)6-11(10)19-12(14(15)18)7-13(16)17/h4-6,8,12H,7H2,1-3H3,(H,16,17). The van der Waals surface area contributed by atoms with Crippen LogP contribution in [-0.2, 0) is 9.59 Å². The molecule has 0 bridgehead atoms. The second kappa shape index (κ2) is 4.91. The Bertz CT molecular complexity index is 524. The molecule has 1 aliphatic heterocycles. The van der Waals surface area contributed by atoms with Gasteiger partial charge in [-0.05, 0) is 38.5 Å². The van der Waals surface area contributed by atoms with E-state index in [-0.39, 0.29) is 18.4 Å². The van der Waals surface area contributed by atoms with Crippen LogP contribution in [0.25, 0.3) is 0 Å². The van der Waals surface area contributed by atoms with Crippen LogP contribution in [0.3, 0.4) is 0 Å². The molecule has 0 saturated carbocycles. The summed E-state index contributed by atoms with van der Waals surface area (Å²) in [5.74, 6) is -0.772. The number of fused-ring (bicyclic) bond motifs is 1. The fourth-order valence-electron chi connectivity index (χ4n) is 2.21. The van der Waals surface area contributed by atoms with Gasteiger partial charge in [0.2, 0.25) is 0 Å². The van der Waals surface area contributed by atoms with E-state index in [0.717, 1.165) is 5.56 Å². The topological polar surface area (TPSA) is 66.8 Å². The summed E-state index contributed by atoms with van der Waals surface area (Å²) < 4.78 is 5.54. The first kappa shape index (κ1) is 13.4. The number of benzene rings is 1. The normalized spacial score (nSPS) is 18.2. The zero-order valence-corrected chi connectivity index (χ0v) is 11.2. The molecule has 1 aliphatic rings. The lowest BCUT2D eigenvalue weighted by atomic mass is 10.1. The van der Waals surface area contributed by atoms with E-state index in [4.69, 9.17) is 9.84 Å². The van der Waals surface area contributed by atoms with Crippen molar-refractivity contribution in [2.45, 2.75) is 39.3 Å². The Kier molecular flexibility index (Phi) is 3.46. The summed E-state index contributed by atoms with van der Waals surface area (Å²) in [6.45, 7) is 5.71. The molecular weight excluding hydrogens is 246 g/mol. The first-order valence-electron chi connectivity index (χ1n) is 6.22. The molecule has 102 valence electrons. The molecule has 1 unspecified atom stereocenters. The summed E-state index contributed by atoms with van der Waals surface area (Å²) in [5, 5.41) is 8.86. The van der Waals surface area contributed by atoms with E-state index in [2.05, 4.69) is 0 Å². The van der Waals surface area contributed by atoms with Crippen molar-refractivity contribution in [1.82, 2.24) is 0 Å². The van der Waals surface area contributed by atoms with Crippen LogP contribution in [-0.4, -0.2) is 29.1 Å². The van der Waals surface area contributed by atoms with Crippen LogP contribution in [0.1, 0.15) is 25.8 Å². The number of carboxylic acid groups (broad SMARTS) is 1. The van der Waals surface area contributed by atoms with Crippen LogP contribution in [0.2, 0.25) is 0 Å². The summed E-state index contributed by atoms with van der Waals surface area (Å²) in [5.41, 5.74) is 1.71.